The maximum Gasteiger partial charge on any atom is 0.163 e. The van der Waals surface area contributed by atoms with Gasteiger partial charge in [0.15, 0.2) is 5.79 Å². The predicted molar refractivity (Wildman–Crippen MR) is 125 cm³/mol. The van der Waals surface area contributed by atoms with Crippen molar-refractivity contribution in [3.05, 3.63) is 64.2 Å². The number of ether oxygens (including phenoxy) is 3. The summed E-state index contributed by atoms with van der Waals surface area (Å²) in [5.41, 5.74) is 6.21. The third kappa shape index (κ3) is 5.14. The highest BCUT2D eigenvalue weighted by atomic mass is 16.7. The number of aliphatic hydroxyl groups is 1. The Hall–Kier alpha value is -1.88. The van der Waals surface area contributed by atoms with Crippen LogP contribution < -0.4 is 4.74 Å². The number of hydrogen-bond acceptors (Lipinski definition) is 4. The molecule has 0 aromatic heterocycles. The van der Waals surface area contributed by atoms with Crippen LogP contribution in [0, 0.1) is 13.8 Å². The molecule has 1 unspecified atom stereocenters. The van der Waals surface area contributed by atoms with Crippen molar-refractivity contribution in [1.29, 1.82) is 0 Å². The molecule has 1 atom stereocenters. The molecule has 1 N–H and O–H groups in total. The second kappa shape index (κ2) is 9.72. The summed E-state index contributed by atoms with van der Waals surface area (Å²) in [7, 11) is 0. The minimum Gasteiger partial charge on any atom is -0.491 e. The first-order valence-electron chi connectivity index (χ1n) is 11.5. The van der Waals surface area contributed by atoms with Crippen molar-refractivity contribution in [2.45, 2.75) is 78.1 Å². The van der Waals surface area contributed by atoms with Crippen molar-refractivity contribution in [2.75, 3.05) is 19.8 Å². The molecule has 1 aliphatic heterocycles. The predicted octanol–water partition coefficient (Wildman–Crippen LogP) is 5.47. The average Bonchev–Trinajstić information content (AvgIpc) is 3.09. The molecule has 1 heterocycles. The Morgan fingerprint density at radius 2 is 1.68 bits per heavy atom. The second-order valence-electron chi connectivity index (χ2n) is 9.15. The summed E-state index contributed by atoms with van der Waals surface area (Å²) in [6.07, 6.45) is 2.70. The van der Waals surface area contributed by atoms with Crippen molar-refractivity contribution in [1.82, 2.24) is 0 Å². The molecule has 0 bridgehead atoms. The highest BCUT2D eigenvalue weighted by molar-refractivity contribution is 5.47. The van der Waals surface area contributed by atoms with E-state index in [0.29, 0.717) is 19.6 Å². The zero-order valence-corrected chi connectivity index (χ0v) is 20.0. The molecule has 3 rings (SSSR count). The number of hydrogen-bond donors (Lipinski definition) is 1. The number of aliphatic hydroxyl groups excluding tert-OH is 1. The van der Waals surface area contributed by atoms with E-state index in [2.05, 4.69) is 64.1 Å². The summed E-state index contributed by atoms with van der Waals surface area (Å²) in [5, 5.41) is 9.31. The Kier molecular flexibility index (Phi) is 7.46. The van der Waals surface area contributed by atoms with Gasteiger partial charge in [-0.25, -0.2) is 0 Å². The van der Waals surface area contributed by atoms with Gasteiger partial charge in [-0.3, -0.25) is 0 Å². The van der Waals surface area contributed by atoms with E-state index in [1.54, 1.807) is 0 Å². The van der Waals surface area contributed by atoms with Gasteiger partial charge >= 0.3 is 0 Å². The second-order valence-corrected chi connectivity index (χ2v) is 9.15. The van der Waals surface area contributed by atoms with Gasteiger partial charge in [-0.2, -0.15) is 0 Å². The number of rotatable bonds is 9. The van der Waals surface area contributed by atoms with Crippen LogP contribution >= 0.6 is 0 Å². The maximum absolute atomic E-state index is 9.31. The van der Waals surface area contributed by atoms with Gasteiger partial charge < -0.3 is 19.3 Å². The first-order valence-corrected chi connectivity index (χ1v) is 11.5. The fourth-order valence-electron chi connectivity index (χ4n) is 4.76. The van der Waals surface area contributed by atoms with Gasteiger partial charge in [0.1, 0.15) is 18.5 Å². The van der Waals surface area contributed by atoms with Gasteiger partial charge in [-0.15, -0.1) is 0 Å². The lowest BCUT2D eigenvalue weighted by Gasteiger charge is -2.34. The van der Waals surface area contributed by atoms with E-state index in [1.165, 1.54) is 22.3 Å². The Morgan fingerprint density at radius 1 is 1.03 bits per heavy atom. The molecule has 2 aromatic carbocycles. The Morgan fingerprint density at radius 3 is 2.19 bits per heavy atom. The van der Waals surface area contributed by atoms with Gasteiger partial charge in [0.2, 0.25) is 0 Å². The standard InChI is InChI=1S/C27H38O4/c1-7-27(8-2,22-10-9-21(13-14-28)19(3)15-22)23-11-12-25(20(4)16-23)29-17-24-18-30-26(5,6)31-24/h9-12,15-16,24,28H,7-8,13-14,17-18H2,1-6H3. The molecule has 31 heavy (non-hydrogen) atoms. The number of benzene rings is 2. The summed E-state index contributed by atoms with van der Waals surface area (Å²) in [6.45, 7) is 13.9. The highest BCUT2D eigenvalue weighted by Crippen LogP contribution is 2.41. The molecule has 1 aliphatic rings. The van der Waals surface area contributed by atoms with E-state index in [0.717, 1.165) is 24.2 Å². The largest absolute Gasteiger partial charge is 0.491 e. The molecule has 0 spiro atoms. The monoisotopic (exact) mass is 426 g/mol. The van der Waals surface area contributed by atoms with E-state index < -0.39 is 5.79 Å². The van der Waals surface area contributed by atoms with Gasteiger partial charge in [-0.05, 0) is 80.8 Å². The minimum absolute atomic E-state index is 0.0418. The van der Waals surface area contributed by atoms with Gasteiger partial charge in [0, 0.05) is 12.0 Å². The summed E-state index contributed by atoms with van der Waals surface area (Å²) in [4.78, 5) is 0. The van der Waals surface area contributed by atoms with Crippen LogP contribution in [0.1, 0.15) is 68.4 Å². The number of aryl methyl sites for hydroxylation is 2. The fourth-order valence-corrected chi connectivity index (χ4v) is 4.76. The Balaban J connectivity index is 1.83. The third-order valence-corrected chi connectivity index (χ3v) is 6.70. The van der Waals surface area contributed by atoms with Crippen molar-refractivity contribution in [3.8, 4) is 5.75 Å². The van der Waals surface area contributed by atoms with Gasteiger partial charge in [0.25, 0.3) is 0 Å². The highest BCUT2D eigenvalue weighted by Gasteiger charge is 2.34. The van der Waals surface area contributed by atoms with Crippen LogP contribution in [0.15, 0.2) is 36.4 Å². The van der Waals surface area contributed by atoms with Crippen LogP contribution in [-0.2, 0) is 21.3 Å². The van der Waals surface area contributed by atoms with E-state index >= 15 is 0 Å². The molecule has 4 nitrogen and oxygen atoms in total. The maximum atomic E-state index is 9.31. The lowest BCUT2D eigenvalue weighted by molar-refractivity contribution is -0.141. The van der Waals surface area contributed by atoms with Crippen LogP contribution in [0.4, 0.5) is 0 Å². The molecule has 1 saturated heterocycles. The minimum atomic E-state index is -0.528. The summed E-state index contributed by atoms with van der Waals surface area (Å²) in [6, 6.07) is 13.3. The fraction of sp³-hybridized carbons (Fsp3) is 0.556. The van der Waals surface area contributed by atoms with Crippen LogP contribution in [-0.4, -0.2) is 36.8 Å². The summed E-state index contributed by atoms with van der Waals surface area (Å²) < 4.78 is 17.6. The molecule has 0 radical (unpaired) electrons. The van der Waals surface area contributed by atoms with Gasteiger partial charge in [0.05, 0.1) is 6.61 Å². The van der Waals surface area contributed by atoms with E-state index in [-0.39, 0.29) is 18.1 Å². The third-order valence-electron chi connectivity index (χ3n) is 6.70. The van der Waals surface area contributed by atoms with Crippen LogP contribution in [0.5, 0.6) is 5.75 Å². The Labute approximate surface area is 187 Å². The van der Waals surface area contributed by atoms with Gasteiger partial charge in [-0.1, -0.05) is 44.2 Å². The summed E-state index contributed by atoms with van der Waals surface area (Å²) >= 11 is 0. The van der Waals surface area contributed by atoms with E-state index in [9.17, 15) is 5.11 Å². The van der Waals surface area contributed by atoms with E-state index in [4.69, 9.17) is 14.2 Å². The van der Waals surface area contributed by atoms with Crippen molar-refractivity contribution < 1.29 is 19.3 Å². The first kappa shape index (κ1) is 23.8. The smallest absolute Gasteiger partial charge is 0.163 e. The lowest BCUT2D eigenvalue weighted by Crippen LogP contribution is -2.27. The quantitative estimate of drug-likeness (QED) is 0.577. The topological polar surface area (TPSA) is 47.9 Å². The average molecular weight is 427 g/mol. The first-order chi connectivity index (χ1) is 14.7. The van der Waals surface area contributed by atoms with Crippen molar-refractivity contribution >= 4 is 0 Å². The van der Waals surface area contributed by atoms with Crippen LogP contribution in [0.25, 0.3) is 0 Å². The normalized spacial score (nSPS) is 18.4. The molecule has 0 amide bonds. The molecule has 0 saturated carbocycles. The molecule has 1 fully saturated rings. The van der Waals surface area contributed by atoms with Crippen molar-refractivity contribution in [2.24, 2.45) is 0 Å². The van der Waals surface area contributed by atoms with E-state index in [1.807, 2.05) is 13.8 Å². The Bertz CT molecular complexity index is 883. The zero-order chi connectivity index (χ0) is 22.6. The summed E-state index contributed by atoms with van der Waals surface area (Å²) in [5.74, 6) is 0.368. The van der Waals surface area contributed by atoms with Crippen LogP contribution in [0.3, 0.4) is 0 Å². The van der Waals surface area contributed by atoms with Crippen molar-refractivity contribution in [3.63, 3.8) is 0 Å². The SMILES string of the molecule is CCC(CC)(c1ccc(CCO)c(C)c1)c1ccc(OCC2COC(C)(C)O2)c(C)c1. The molecule has 4 heteroatoms. The molecular formula is C27H38O4. The molecule has 2 aromatic rings. The molecular weight excluding hydrogens is 388 g/mol. The van der Waals surface area contributed by atoms with Crippen LogP contribution in [0.2, 0.25) is 0 Å². The zero-order valence-electron chi connectivity index (χ0n) is 20.0. The lowest BCUT2D eigenvalue weighted by atomic mass is 9.70. The molecule has 170 valence electrons. The molecule has 0 aliphatic carbocycles.